The Morgan fingerprint density at radius 3 is 2.69 bits per heavy atom. The number of aryl methyl sites for hydroxylation is 2. The van der Waals surface area contributed by atoms with Gasteiger partial charge in [0.1, 0.15) is 5.82 Å². The first-order valence-electron chi connectivity index (χ1n) is 9.81. The first kappa shape index (κ1) is 21.1. The number of ketones is 1. The smallest absolute Gasteiger partial charge is 0.221 e. The average molecular weight is 410 g/mol. The van der Waals surface area contributed by atoms with Crippen LogP contribution in [0.2, 0.25) is 0 Å². The number of nitrogens with one attached hydrogen (secondary N) is 2. The summed E-state index contributed by atoms with van der Waals surface area (Å²) in [6, 6.07) is 13.5. The number of carbonyl (C=O) groups is 2. The zero-order chi connectivity index (χ0) is 20.8. The Morgan fingerprint density at radius 1 is 1.14 bits per heavy atom. The number of hydrogen-bond acceptors (Lipinski definition) is 4. The minimum Gasteiger partial charge on any atom is -0.346 e. The molecule has 1 heterocycles. The normalized spacial score (nSPS) is 12.1. The SMILES string of the molecule is CSCC[C@@H](NC(=O)CCC(=O)c1cc(C)ccc1C)c1nc2ccccc2[nH]1. The number of amides is 1. The van der Waals surface area contributed by atoms with Crippen molar-refractivity contribution >= 4 is 34.5 Å². The number of rotatable bonds is 9. The van der Waals surface area contributed by atoms with Gasteiger partial charge in [0.2, 0.25) is 5.91 Å². The van der Waals surface area contributed by atoms with Crippen molar-refractivity contribution in [3.05, 3.63) is 65.0 Å². The largest absolute Gasteiger partial charge is 0.346 e. The van der Waals surface area contributed by atoms with Crippen molar-refractivity contribution in [2.45, 2.75) is 39.2 Å². The molecule has 0 saturated carbocycles. The molecule has 0 spiro atoms. The Balaban J connectivity index is 1.65. The van der Waals surface area contributed by atoms with Gasteiger partial charge in [-0.25, -0.2) is 4.98 Å². The van der Waals surface area contributed by atoms with Gasteiger partial charge >= 0.3 is 0 Å². The number of thioether (sulfide) groups is 1. The number of hydrogen-bond donors (Lipinski definition) is 2. The highest BCUT2D eigenvalue weighted by Gasteiger charge is 2.19. The van der Waals surface area contributed by atoms with E-state index < -0.39 is 0 Å². The van der Waals surface area contributed by atoms with Crippen molar-refractivity contribution in [2.24, 2.45) is 0 Å². The maximum absolute atomic E-state index is 12.6. The summed E-state index contributed by atoms with van der Waals surface area (Å²) in [4.78, 5) is 33.1. The van der Waals surface area contributed by atoms with Gasteiger partial charge in [-0.05, 0) is 56.0 Å². The number of nitrogens with zero attached hydrogens (tertiary/aromatic N) is 1. The van der Waals surface area contributed by atoms with Gasteiger partial charge in [0.15, 0.2) is 5.78 Å². The van der Waals surface area contributed by atoms with E-state index in [4.69, 9.17) is 0 Å². The second-order valence-electron chi connectivity index (χ2n) is 7.28. The van der Waals surface area contributed by atoms with Crippen molar-refractivity contribution in [2.75, 3.05) is 12.0 Å². The lowest BCUT2D eigenvalue weighted by Crippen LogP contribution is -2.30. The van der Waals surface area contributed by atoms with Gasteiger partial charge in [-0.2, -0.15) is 11.8 Å². The number of benzene rings is 2. The number of Topliss-reactive ketones (excluding diaryl/α,β-unsaturated/α-hetero) is 1. The van der Waals surface area contributed by atoms with Crippen molar-refractivity contribution in [1.29, 1.82) is 0 Å². The molecule has 0 unspecified atom stereocenters. The van der Waals surface area contributed by atoms with Gasteiger partial charge in [-0.15, -0.1) is 0 Å². The fourth-order valence-corrected chi connectivity index (χ4v) is 3.79. The third-order valence-electron chi connectivity index (χ3n) is 4.96. The van der Waals surface area contributed by atoms with Gasteiger partial charge in [0, 0.05) is 18.4 Å². The number of imidazole rings is 1. The lowest BCUT2D eigenvalue weighted by molar-refractivity contribution is -0.121. The topological polar surface area (TPSA) is 74.8 Å². The van der Waals surface area contributed by atoms with Crippen LogP contribution < -0.4 is 5.32 Å². The molecule has 1 amide bonds. The van der Waals surface area contributed by atoms with E-state index in [1.165, 1.54) is 0 Å². The van der Waals surface area contributed by atoms with E-state index in [-0.39, 0.29) is 30.6 Å². The second-order valence-corrected chi connectivity index (χ2v) is 8.27. The molecular weight excluding hydrogens is 382 g/mol. The molecule has 0 aliphatic rings. The number of fused-ring (bicyclic) bond motifs is 1. The lowest BCUT2D eigenvalue weighted by Gasteiger charge is -2.16. The molecule has 152 valence electrons. The van der Waals surface area contributed by atoms with Crippen LogP contribution in [0.15, 0.2) is 42.5 Å². The molecule has 2 N–H and O–H groups in total. The molecule has 0 aliphatic carbocycles. The van der Waals surface area contributed by atoms with Crippen LogP contribution in [0, 0.1) is 13.8 Å². The van der Waals surface area contributed by atoms with Gasteiger partial charge in [0.25, 0.3) is 0 Å². The van der Waals surface area contributed by atoms with Crippen LogP contribution in [0.5, 0.6) is 0 Å². The van der Waals surface area contributed by atoms with Crippen LogP contribution in [0.25, 0.3) is 11.0 Å². The minimum atomic E-state index is -0.196. The van der Waals surface area contributed by atoms with Crippen molar-refractivity contribution in [3.63, 3.8) is 0 Å². The van der Waals surface area contributed by atoms with E-state index in [1.54, 1.807) is 11.8 Å². The zero-order valence-corrected chi connectivity index (χ0v) is 17.9. The first-order valence-corrected chi connectivity index (χ1v) is 11.2. The molecule has 1 aromatic heterocycles. The molecule has 29 heavy (non-hydrogen) atoms. The molecule has 0 saturated heterocycles. The van der Waals surface area contributed by atoms with Crippen molar-refractivity contribution in [3.8, 4) is 0 Å². The van der Waals surface area contributed by atoms with E-state index in [9.17, 15) is 9.59 Å². The van der Waals surface area contributed by atoms with Crippen LogP contribution in [0.3, 0.4) is 0 Å². The predicted molar refractivity (Wildman–Crippen MR) is 119 cm³/mol. The quantitative estimate of drug-likeness (QED) is 0.500. The third-order valence-corrected chi connectivity index (χ3v) is 5.60. The van der Waals surface area contributed by atoms with E-state index in [1.807, 2.05) is 62.6 Å². The summed E-state index contributed by atoms with van der Waals surface area (Å²) in [6.45, 7) is 3.89. The molecule has 3 rings (SSSR count). The zero-order valence-electron chi connectivity index (χ0n) is 17.1. The average Bonchev–Trinajstić information content (AvgIpc) is 3.15. The number of H-pyrrole nitrogens is 1. The fourth-order valence-electron chi connectivity index (χ4n) is 3.31. The maximum atomic E-state index is 12.6. The highest BCUT2D eigenvalue weighted by Crippen LogP contribution is 2.20. The Bertz CT molecular complexity index is 979. The Hall–Kier alpha value is -2.60. The summed E-state index contributed by atoms with van der Waals surface area (Å²) in [5.41, 5.74) is 4.53. The number of carbonyl (C=O) groups excluding carboxylic acids is 2. The Labute approximate surface area is 175 Å². The van der Waals surface area contributed by atoms with E-state index in [0.717, 1.165) is 40.2 Å². The monoisotopic (exact) mass is 409 g/mol. The molecule has 5 nitrogen and oxygen atoms in total. The summed E-state index contributed by atoms with van der Waals surface area (Å²) in [5.74, 6) is 1.54. The highest BCUT2D eigenvalue weighted by molar-refractivity contribution is 7.98. The molecule has 3 aromatic rings. The molecule has 0 bridgehead atoms. The minimum absolute atomic E-state index is 0.00532. The molecule has 6 heteroatoms. The van der Waals surface area contributed by atoms with Crippen LogP contribution >= 0.6 is 11.8 Å². The van der Waals surface area contributed by atoms with E-state index in [2.05, 4.69) is 15.3 Å². The molecule has 0 aliphatic heterocycles. The van der Waals surface area contributed by atoms with Gasteiger partial charge < -0.3 is 10.3 Å². The number of aromatic amines is 1. The number of para-hydroxylation sites is 2. The van der Waals surface area contributed by atoms with Gasteiger partial charge in [0.05, 0.1) is 17.1 Å². The first-order chi connectivity index (χ1) is 14.0. The predicted octanol–water partition coefficient (Wildman–Crippen LogP) is 4.75. The molecule has 0 radical (unpaired) electrons. The maximum Gasteiger partial charge on any atom is 0.221 e. The molecule has 1 atom stereocenters. The van der Waals surface area contributed by atoms with Crippen molar-refractivity contribution in [1.82, 2.24) is 15.3 Å². The van der Waals surface area contributed by atoms with Crippen LogP contribution in [0.1, 0.15) is 52.6 Å². The van der Waals surface area contributed by atoms with Crippen molar-refractivity contribution < 1.29 is 9.59 Å². The summed E-state index contributed by atoms with van der Waals surface area (Å²) < 4.78 is 0. The third kappa shape index (κ3) is 5.48. The van der Waals surface area contributed by atoms with Crippen LogP contribution in [-0.4, -0.2) is 33.7 Å². The van der Waals surface area contributed by atoms with Gasteiger partial charge in [-0.3, -0.25) is 9.59 Å². The standard InChI is InChI=1S/C23H27N3O2S/c1-15-8-9-16(2)17(14-15)21(27)10-11-22(28)24-20(12-13-29-3)23-25-18-6-4-5-7-19(18)26-23/h4-9,14,20H,10-13H2,1-3H3,(H,24,28)(H,25,26)/t20-/m1/s1. The summed E-state index contributed by atoms with van der Waals surface area (Å²) in [5, 5.41) is 3.06. The highest BCUT2D eigenvalue weighted by atomic mass is 32.2. The second kappa shape index (κ2) is 9.74. The fraction of sp³-hybridized carbons (Fsp3) is 0.348. The summed E-state index contributed by atoms with van der Waals surface area (Å²) in [7, 11) is 0. The van der Waals surface area contributed by atoms with Gasteiger partial charge in [-0.1, -0.05) is 29.8 Å². The summed E-state index contributed by atoms with van der Waals surface area (Å²) >= 11 is 1.73. The molecular formula is C23H27N3O2S. The lowest BCUT2D eigenvalue weighted by atomic mass is 9.99. The summed E-state index contributed by atoms with van der Waals surface area (Å²) in [6.07, 6.45) is 3.19. The Morgan fingerprint density at radius 2 is 1.93 bits per heavy atom. The van der Waals surface area contributed by atoms with Crippen LogP contribution in [-0.2, 0) is 4.79 Å². The molecule has 0 fully saturated rings. The Kier molecular flexibility index (Phi) is 7.09. The molecule has 2 aromatic carbocycles. The van der Waals surface area contributed by atoms with Crippen LogP contribution in [0.4, 0.5) is 0 Å². The van der Waals surface area contributed by atoms with E-state index in [0.29, 0.717) is 5.56 Å². The van der Waals surface area contributed by atoms with E-state index >= 15 is 0 Å². The number of aromatic nitrogens is 2.